The van der Waals surface area contributed by atoms with Gasteiger partial charge in [-0.2, -0.15) is 0 Å². The third kappa shape index (κ3) is 3.97. The highest BCUT2D eigenvalue weighted by Crippen LogP contribution is 2.33. The third-order valence-corrected chi connectivity index (χ3v) is 5.18. The lowest BCUT2D eigenvalue weighted by Crippen LogP contribution is -2.34. The maximum Gasteiger partial charge on any atom is 0.262 e. The van der Waals surface area contributed by atoms with Gasteiger partial charge in [-0.1, -0.05) is 6.07 Å². The van der Waals surface area contributed by atoms with Gasteiger partial charge in [0.15, 0.2) is 0 Å². The molecule has 0 aliphatic carbocycles. The first-order chi connectivity index (χ1) is 12.6. The highest BCUT2D eigenvalue weighted by molar-refractivity contribution is 7.20. The molecule has 0 bridgehead atoms. The van der Waals surface area contributed by atoms with E-state index < -0.39 is 0 Å². The van der Waals surface area contributed by atoms with Crippen molar-refractivity contribution in [3.05, 3.63) is 46.9 Å². The summed E-state index contributed by atoms with van der Waals surface area (Å²) in [5.74, 6) is 0.514. The zero-order chi connectivity index (χ0) is 18.5. The van der Waals surface area contributed by atoms with Gasteiger partial charge >= 0.3 is 0 Å². The van der Waals surface area contributed by atoms with E-state index in [4.69, 9.17) is 5.11 Å². The summed E-state index contributed by atoms with van der Waals surface area (Å²) in [6.45, 7) is 4.23. The molecular weight excluding hydrogens is 350 g/mol. The van der Waals surface area contributed by atoms with Gasteiger partial charge in [-0.25, -0.2) is 9.97 Å². The summed E-state index contributed by atoms with van der Waals surface area (Å²) >= 11 is 1.33. The monoisotopic (exact) mass is 371 g/mol. The smallest absolute Gasteiger partial charge is 0.262 e. The summed E-state index contributed by atoms with van der Waals surface area (Å²) in [5.41, 5.74) is 1.85. The Balaban J connectivity index is 1.79. The van der Waals surface area contributed by atoms with Gasteiger partial charge in [-0.05, 0) is 31.5 Å². The molecule has 1 amide bonds. The number of anilines is 1. The number of hydrogen-bond donors (Lipinski definition) is 3. The van der Waals surface area contributed by atoms with Gasteiger partial charge < -0.3 is 15.7 Å². The second-order valence-electron chi connectivity index (χ2n) is 6.01. The van der Waals surface area contributed by atoms with Crippen molar-refractivity contribution in [1.29, 1.82) is 0 Å². The lowest BCUT2D eigenvalue weighted by atomic mass is 10.2. The zero-order valence-corrected chi connectivity index (χ0v) is 15.5. The normalized spacial score (nSPS) is 12.1. The maximum absolute atomic E-state index is 12.4. The van der Waals surface area contributed by atoms with Crippen LogP contribution in [0.3, 0.4) is 0 Å². The van der Waals surface area contributed by atoms with Crippen LogP contribution in [0.1, 0.15) is 27.9 Å². The SMILES string of the molecule is Cc1c(C(=O)N[C@H](C)CO)sc2ncnc(NCCc3ccccn3)c12. The molecule has 3 rings (SSSR count). The quantitative estimate of drug-likeness (QED) is 0.588. The second-order valence-corrected chi connectivity index (χ2v) is 7.01. The fourth-order valence-corrected chi connectivity index (χ4v) is 3.66. The van der Waals surface area contributed by atoms with Crippen LogP contribution in [0.15, 0.2) is 30.7 Å². The Labute approximate surface area is 155 Å². The number of rotatable bonds is 7. The van der Waals surface area contributed by atoms with E-state index in [1.54, 1.807) is 13.1 Å². The van der Waals surface area contributed by atoms with E-state index in [1.807, 2.05) is 25.1 Å². The molecule has 3 aromatic heterocycles. The Morgan fingerprint density at radius 3 is 2.88 bits per heavy atom. The first-order valence-corrected chi connectivity index (χ1v) is 9.21. The Kier molecular flexibility index (Phi) is 5.75. The van der Waals surface area contributed by atoms with Crippen LogP contribution >= 0.6 is 11.3 Å². The summed E-state index contributed by atoms with van der Waals surface area (Å²) in [4.78, 5) is 26.7. The average Bonchev–Trinajstić information content (AvgIpc) is 3.00. The molecule has 0 aromatic carbocycles. The van der Waals surface area contributed by atoms with Crippen LogP contribution in [0, 0.1) is 6.92 Å². The van der Waals surface area contributed by atoms with Gasteiger partial charge in [0, 0.05) is 30.9 Å². The fourth-order valence-electron chi connectivity index (χ4n) is 2.61. The lowest BCUT2D eigenvalue weighted by Gasteiger charge is -2.10. The average molecular weight is 371 g/mol. The van der Waals surface area contributed by atoms with Gasteiger partial charge in [0.1, 0.15) is 17.0 Å². The molecule has 8 heteroatoms. The number of thiophene rings is 1. The molecule has 0 spiro atoms. The number of aromatic nitrogens is 3. The Bertz CT molecular complexity index is 897. The molecule has 136 valence electrons. The summed E-state index contributed by atoms with van der Waals surface area (Å²) in [7, 11) is 0. The number of nitrogens with zero attached hydrogens (tertiary/aromatic N) is 3. The molecule has 3 aromatic rings. The van der Waals surface area contributed by atoms with Crippen LogP contribution in [0.2, 0.25) is 0 Å². The predicted octanol–water partition coefficient (Wildman–Crippen LogP) is 2.16. The number of aliphatic hydroxyl groups excluding tert-OH is 1. The molecule has 26 heavy (non-hydrogen) atoms. The highest BCUT2D eigenvalue weighted by Gasteiger charge is 2.20. The van der Waals surface area contributed by atoms with Crippen molar-refractivity contribution in [2.75, 3.05) is 18.5 Å². The molecule has 0 fully saturated rings. The number of nitrogens with one attached hydrogen (secondary N) is 2. The molecule has 1 atom stereocenters. The van der Waals surface area contributed by atoms with Crippen LogP contribution < -0.4 is 10.6 Å². The summed E-state index contributed by atoms with van der Waals surface area (Å²) in [5, 5.41) is 16.1. The van der Waals surface area contributed by atoms with E-state index in [0.717, 1.165) is 27.9 Å². The topological polar surface area (TPSA) is 100 Å². The molecule has 0 radical (unpaired) electrons. The maximum atomic E-state index is 12.4. The van der Waals surface area contributed by atoms with E-state index in [-0.39, 0.29) is 18.6 Å². The van der Waals surface area contributed by atoms with Crippen molar-refractivity contribution in [3.63, 3.8) is 0 Å². The molecule has 0 saturated heterocycles. The Morgan fingerprint density at radius 2 is 2.15 bits per heavy atom. The first kappa shape index (κ1) is 18.2. The van der Waals surface area contributed by atoms with E-state index in [0.29, 0.717) is 17.2 Å². The minimum Gasteiger partial charge on any atom is -0.394 e. The number of fused-ring (bicyclic) bond motifs is 1. The molecule has 0 unspecified atom stereocenters. The van der Waals surface area contributed by atoms with Crippen molar-refractivity contribution in [2.24, 2.45) is 0 Å². The summed E-state index contributed by atoms with van der Waals surface area (Å²) in [6.07, 6.45) is 4.05. The second kappa shape index (κ2) is 8.20. The minimum absolute atomic E-state index is 0.101. The number of aryl methyl sites for hydroxylation is 1. The van der Waals surface area contributed by atoms with Crippen LogP contribution in [0.5, 0.6) is 0 Å². The standard InChI is InChI=1S/C18H21N5O2S/c1-11(9-24)23-17(25)15-12(2)14-16(21-10-22-18(14)26-15)20-8-6-13-5-3-4-7-19-13/h3-5,7,10-11,24H,6,8-9H2,1-2H3,(H,23,25)(H,20,21,22)/t11-/m1/s1. The number of carbonyl (C=O) groups excluding carboxylic acids is 1. The first-order valence-electron chi connectivity index (χ1n) is 8.39. The van der Waals surface area contributed by atoms with Gasteiger partial charge in [0.2, 0.25) is 0 Å². The van der Waals surface area contributed by atoms with E-state index >= 15 is 0 Å². The molecule has 0 aliphatic rings. The fraction of sp³-hybridized carbons (Fsp3) is 0.333. The lowest BCUT2D eigenvalue weighted by molar-refractivity contribution is 0.0926. The van der Waals surface area contributed by atoms with Gasteiger partial charge in [0.25, 0.3) is 5.91 Å². The van der Waals surface area contributed by atoms with Crippen molar-refractivity contribution in [2.45, 2.75) is 26.3 Å². The highest BCUT2D eigenvalue weighted by atomic mass is 32.1. The van der Waals surface area contributed by atoms with Crippen molar-refractivity contribution in [3.8, 4) is 0 Å². The number of amides is 1. The third-order valence-electron chi connectivity index (χ3n) is 3.98. The van der Waals surface area contributed by atoms with Crippen LogP contribution in [-0.2, 0) is 6.42 Å². The van der Waals surface area contributed by atoms with Crippen LogP contribution in [-0.4, -0.2) is 45.2 Å². The van der Waals surface area contributed by atoms with Gasteiger partial charge in [-0.15, -0.1) is 11.3 Å². The number of hydrogen-bond acceptors (Lipinski definition) is 7. The van der Waals surface area contributed by atoms with Crippen molar-refractivity contribution in [1.82, 2.24) is 20.3 Å². The predicted molar refractivity (Wildman–Crippen MR) is 103 cm³/mol. The summed E-state index contributed by atoms with van der Waals surface area (Å²) in [6, 6.07) is 5.54. The summed E-state index contributed by atoms with van der Waals surface area (Å²) < 4.78 is 0. The van der Waals surface area contributed by atoms with Gasteiger partial charge in [-0.3, -0.25) is 9.78 Å². The van der Waals surface area contributed by atoms with Crippen molar-refractivity contribution < 1.29 is 9.90 Å². The Hall–Kier alpha value is -2.58. The van der Waals surface area contributed by atoms with Crippen LogP contribution in [0.4, 0.5) is 5.82 Å². The molecule has 3 N–H and O–H groups in total. The minimum atomic E-state index is -0.297. The van der Waals surface area contributed by atoms with Gasteiger partial charge in [0.05, 0.1) is 16.9 Å². The van der Waals surface area contributed by atoms with Crippen molar-refractivity contribution >= 4 is 33.3 Å². The van der Waals surface area contributed by atoms with Crippen LogP contribution in [0.25, 0.3) is 10.2 Å². The van der Waals surface area contributed by atoms with E-state index in [9.17, 15) is 4.79 Å². The largest absolute Gasteiger partial charge is 0.394 e. The zero-order valence-electron chi connectivity index (χ0n) is 14.7. The van der Waals surface area contributed by atoms with E-state index in [2.05, 4.69) is 25.6 Å². The number of carbonyl (C=O) groups is 1. The molecule has 0 aliphatic heterocycles. The van der Waals surface area contributed by atoms with E-state index in [1.165, 1.54) is 17.7 Å². The molecule has 0 saturated carbocycles. The molecule has 7 nitrogen and oxygen atoms in total. The Morgan fingerprint density at radius 1 is 1.31 bits per heavy atom. The number of pyridine rings is 1. The molecule has 3 heterocycles. The molecular formula is C18H21N5O2S. The number of aliphatic hydroxyl groups is 1.